The Kier molecular flexibility index (Phi) is 5.81. The number of nitrogens with one attached hydrogen (secondary N) is 1. The molecule has 3 rings (SSSR count). The predicted octanol–water partition coefficient (Wildman–Crippen LogP) is 2.58. The van der Waals surface area contributed by atoms with E-state index in [0.29, 0.717) is 24.6 Å². The molecule has 0 radical (unpaired) electrons. The average Bonchev–Trinajstić information content (AvgIpc) is 2.97. The Morgan fingerprint density at radius 2 is 2.20 bits per heavy atom. The van der Waals surface area contributed by atoms with Crippen LogP contribution in [-0.4, -0.2) is 35.2 Å². The van der Waals surface area contributed by atoms with Crippen molar-refractivity contribution in [3.05, 3.63) is 53.4 Å². The van der Waals surface area contributed by atoms with Crippen LogP contribution in [0.15, 0.2) is 30.5 Å². The number of benzene rings is 1. The number of nitrogens with zero attached hydrogens (tertiary/aromatic N) is 2. The summed E-state index contributed by atoms with van der Waals surface area (Å²) >= 11 is 0. The Hall–Kier alpha value is -2.21. The lowest BCUT2D eigenvalue weighted by molar-refractivity contribution is -0.120. The Morgan fingerprint density at radius 3 is 2.96 bits per heavy atom. The van der Waals surface area contributed by atoms with Crippen LogP contribution < -0.4 is 5.32 Å². The molecule has 0 unspecified atom stereocenters. The lowest BCUT2D eigenvalue weighted by Crippen LogP contribution is -2.29. The summed E-state index contributed by atoms with van der Waals surface area (Å²) in [5.41, 5.74) is 1.78. The molecular weight excluding hydrogens is 321 g/mol. The van der Waals surface area contributed by atoms with Crippen molar-refractivity contribution in [1.82, 2.24) is 14.9 Å². The Balaban J connectivity index is 1.53. The van der Waals surface area contributed by atoms with E-state index in [1.54, 1.807) is 12.1 Å². The van der Waals surface area contributed by atoms with Gasteiger partial charge in [0.05, 0.1) is 6.42 Å². The fourth-order valence-corrected chi connectivity index (χ4v) is 3.25. The maximum atomic E-state index is 13.2. The third-order valence-electron chi connectivity index (χ3n) is 4.58. The van der Waals surface area contributed by atoms with Crippen LogP contribution in [0.5, 0.6) is 0 Å². The van der Waals surface area contributed by atoms with Crippen LogP contribution in [0, 0.1) is 12.7 Å². The zero-order valence-electron chi connectivity index (χ0n) is 14.5. The summed E-state index contributed by atoms with van der Waals surface area (Å²) in [6.07, 6.45) is 4.05. The van der Waals surface area contributed by atoms with Gasteiger partial charge in [0.25, 0.3) is 0 Å². The zero-order chi connectivity index (χ0) is 17.6. The van der Waals surface area contributed by atoms with E-state index in [9.17, 15) is 9.18 Å². The molecule has 1 aliphatic rings. The molecule has 0 atom stereocenters. The summed E-state index contributed by atoms with van der Waals surface area (Å²) in [4.78, 5) is 16.6. The molecule has 0 saturated carbocycles. The second-order valence-corrected chi connectivity index (χ2v) is 6.45. The van der Waals surface area contributed by atoms with Crippen molar-refractivity contribution in [2.45, 2.75) is 38.6 Å². The fraction of sp³-hybridized carbons (Fsp3) is 0.474. The molecule has 1 N–H and O–H groups in total. The minimum atomic E-state index is -0.319. The van der Waals surface area contributed by atoms with Gasteiger partial charge in [-0.3, -0.25) is 4.79 Å². The number of aryl methyl sites for hydroxylation is 1. The largest absolute Gasteiger partial charge is 0.381 e. The van der Waals surface area contributed by atoms with Crippen LogP contribution in [-0.2, 0) is 22.5 Å². The number of carbonyl (C=O) groups excluding carboxylic acids is 1. The quantitative estimate of drug-likeness (QED) is 0.875. The standard InChI is InChI=1S/C19H24FN3O2/c1-14-13-22-19(16-5-9-25-10-6-16)23(14)8-7-21-18(24)12-15-3-2-4-17(20)11-15/h2-4,11,13,16H,5-10,12H2,1H3,(H,21,24). The summed E-state index contributed by atoms with van der Waals surface area (Å²) in [6.45, 7) is 4.81. The van der Waals surface area contributed by atoms with Crippen molar-refractivity contribution < 1.29 is 13.9 Å². The van der Waals surface area contributed by atoms with E-state index in [2.05, 4.69) is 14.9 Å². The van der Waals surface area contributed by atoms with Gasteiger partial charge in [0.2, 0.25) is 5.91 Å². The molecule has 0 spiro atoms. The van der Waals surface area contributed by atoms with Gasteiger partial charge in [0.1, 0.15) is 11.6 Å². The summed E-state index contributed by atoms with van der Waals surface area (Å²) < 4.78 is 20.8. The van der Waals surface area contributed by atoms with Gasteiger partial charge in [-0.1, -0.05) is 12.1 Å². The molecule has 6 heteroatoms. The molecule has 1 fully saturated rings. The summed E-state index contributed by atoms with van der Waals surface area (Å²) in [5.74, 6) is 1.09. The molecule has 2 heterocycles. The van der Waals surface area contributed by atoms with Crippen molar-refractivity contribution >= 4 is 5.91 Å². The van der Waals surface area contributed by atoms with Crippen LogP contribution in [0.4, 0.5) is 4.39 Å². The molecule has 1 saturated heterocycles. The van der Waals surface area contributed by atoms with Gasteiger partial charge in [0, 0.05) is 44.1 Å². The third kappa shape index (κ3) is 4.66. The maximum absolute atomic E-state index is 13.2. The molecule has 0 aliphatic carbocycles. The highest BCUT2D eigenvalue weighted by molar-refractivity contribution is 5.78. The number of imidazole rings is 1. The molecule has 1 aliphatic heterocycles. The fourth-order valence-electron chi connectivity index (χ4n) is 3.25. The first-order valence-electron chi connectivity index (χ1n) is 8.74. The number of ether oxygens (including phenoxy) is 1. The first-order valence-corrected chi connectivity index (χ1v) is 8.74. The van der Waals surface area contributed by atoms with Gasteiger partial charge < -0.3 is 14.6 Å². The number of hydrogen-bond acceptors (Lipinski definition) is 3. The van der Waals surface area contributed by atoms with Crippen molar-refractivity contribution in [1.29, 1.82) is 0 Å². The van der Waals surface area contributed by atoms with Gasteiger partial charge in [0.15, 0.2) is 0 Å². The summed E-state index contributed by atoms with van der Waals surface area (Å²) in [7, 11) is 0. The first kappa shape index (κ1) is 17.6. The van der Waals surface area contributed by atoms with Crippen LogP contribution in [0.25, 0.3) is 0 Å². The van der Waals surface area contributed by atoms with Gasteiger partial charge in [-0.15, -0.1) is 0 Å². The van der Waals surface area contributed by atoms with Gasteiger partial charge in [-0.05, 0) is 37.5 Å². The number of amides is 1. The van der Waals surface area contributed by atoms with E-state index >= 15 is 0 Å². The zero-order valence-corrected chi connectivity index (χ0v) is 14.5. The smallest absolute Gasteiger partial charge is 0.224 e. The van der Waals surface area contributed by atoms with Crippen LogP contribution >= 0.6 is 0 Å². The maximum Gasteiger partial charge on any atom is 0.224 e. The second kappa shape index (κ2) is 8.25. The molecule has 1 amide bonds. The Bertz CT molecular complexity index is 723. The monoisotopic (exact) mass is 345 g/mol. The van der Waals surface area contributed by atoms with Gasteiger partial charge in [-0.2, -0.15) is 0 Å². The molecule has 25 heavy (non-hydrogen) atoms. The number of carbonyl (C=O) groups is 1. The second-order valence-electron chi connectivity index (χ2n) is 6.45. The Labute approximate surface area is 147 Å². The minimum absolute atomic E-state index is 0.101. The topological polar surface area (TPSA) is 56.1 Å². The van der Waals surface area contributed by atoms with E-state index in [4.69, 9.17) is 4.74 Å². The van der Waals surface area contributed by atoms with Crippen LogP contribution in [0.2, 0.25) is 0 Å². The lowest BCUT2D eigenvalue weighted by atomic mass is 9.99. The highest BCUT2D eigenvalue weighted by Gasteiger charge is 2.21. The van der Waals surface area contributed by atoms with Crippen molar-refractivity contribution in [2.75, 3.05) is 19.8 Å². The molecule has 1 aromatic heterocycles. The number of hydrogen-bond donors (Lipinski definition) is 1. The van der Waals surface area contributed by atoms with Crippen LogP contribution in [0.3, 0.4) is 0 Å². The average molecular weight is 345 g/mol. The summed E-state index contributed by atoms with van der Waals surface area (Å²) in [6, 6.07) is 6.14. The van der Waals surface area contributed by atoms with Gasteiger partial charge >= 0.3 is 0 Å². The molecule has 0 bridgehead atoms. The number of rotatable bonds is 6. The first-order chi connectivity index (χ1) is 12.1. The predicted molar refractivity (Wildman–Crippen MR) is 92.9 cm³/mol. The van der Waals surface area contributed by atoms with Crippen molar-refractivity contribution in [2.24, 2.45) is 0 Å². The van der Waals surface area contributed by atoms with E-state index < -0.39 is 0 Å². The Morgan fingerprint density at radius 1 is 1.40 bits per heavy atom. The van der Waals surface area contributed by atoms with E-state index in [1.165, 1.54) is 12.1 Å². The lowest BCUT2D eigenvalue weighted by Gasteiger charge is -2.23. The molecular formula is C19H24FN3O2. The molecule has 1 aromatic carbocycles. The van der Waals surface area contributed by atoms with Gasteiger partial charge in [-0.25, -0.2) is 9.37 Å². The highest BCUT2D eigenvalue weighted by atomic mass is 19.1. The van der Waals surface area contributed by atoms with E-state index in [0.717, 1.165) is 37.6 Å². The normalized spacial score (nSPS) is 15.3. The molecule has 2 aromatic rings. The summed E-state index contributed by atoms with van der Waals surface area (Å²) in [5, 5.41) is 2.91. The van der Waals surface area contributed by atoms with Crippen molar-refractivity contribution in [3.63, 3.8) is 0 Å². The number of aromatic nitrogens is 2. The minimum Gasteiger partial charge on any atom is -0.381 e. The molecule has 134 valence electrons. The number of halogens is 1. The highest BCUT2D eigenvalue weighted by Crippen LogP contribution is 2.26. The van der Waals surface area contributed by atoms with Crippen molar-refractivity contribution in [3.8, 4) is 0 Å². The molecule has 5 nitrogen and oxygen atoms in total. The van der Waals surface area contributed by atoms with E-state index in [1.807, 2.05) is 13.1 Å². The van der Waals surface area contributed by atoms with E-state index in [-0.39, 0.29) is 18.1 Å². The third-order valence-corrected chi connectivity index (χ3v) is 4.58. The van der Waals surface area contributed by atoms with Crippen LogP contribution in [0.1, 0.15) is 35.8 Å². The SMILES string of the molecule is Cc1cnc(C2CCOCC2)n1CCNC(=O)Cc1cccc(F)c1.